The number of pyridine rings is 2. The van der Waals surface area contributed by atoms with Gasteiger partial charge in [0.05, 0.1) is 58.8 Å². The molecule has 0 aliphatic carbocycles. The molecule has 10 nitrogen and oxygen atoms in total. The van der Waals surface area contributed by atoms with Crippen molar-refractivity contribution in [2.75, 3.05) is 43.5 Å². The normalized spacial score (nSPS) is 14.4. The van der Waals surface area contributed by atoms with Gasteiger partial charge in [-0.05, 0) is 42.0 Å². The van der Waals surface area contributed by atoms with Gasteiger partial charge in [-0.1, -0.05) is 34.5 Å². The summed E-state index contributed by atoms with van der Waals surface area (Å²) in [6, 6.07) is 13.5. The van der Waals surface area contributed by atoms with Gasteiger partial charge in [0.25, 0.3) is 0 Å². The van der Waals surface area contributed by atoms with E-state index in [-0.39, 0.29) is 10.6 Å². The van der Waals surface area contributed by atoms with Crippen LogP contribution in [0, 0.1) is 17.1 Å². The molecule has 0 radical (unpaired) electrons. The number of ether oxygens (including phenoxy) is 1. The van der Waals surface area contributed by atoms with Gasteiger partial charge in [-0.2, -0.15) is 5.26 Å². The zero-order valence-electron chi connectivity index (χ0n) is 22.8. The molecule has 6 rings (SSSR count). The van der Waals surface area contributed by atoms with Crippen LogP contribution in [0.5, 0.6) is 0 Å². The number of rotatable bonds is 9. The van der Waals surface area contributed by atoms with Crippen molar-refractivity contribution >= 4 is 51.2 Å². The van der Waals surface area contributed by atoms with Gasteiger partial charge in [0.2, 0.25) is 0 Å². The second-order valence-electron chi connectivity index (χ2n) is 9.99. The number of hydrogen-bond donors (Lipinski definition) is 2. The fourth-order valence-electron chi connectivity index (χ4n) is 4.95. The summed E-state index contributed by atoms with van der Waals surface area (Å²) in [5.74, 6) is -0.540. The van der Waals surface area contributed by atoms with Crippen LogP contribution in [0.4, 0.5) is 21.5 Å². The molecule has 2 aromatic carbocycles. The minimum atomic E-state index is -0.540. The second kappa shape index (κ2) is 12.9. The summed E-state index contributed by atoms with van der Waals surface area (Å²) in [6.45, 7) is 4.82. The standard InChI is InChI=1S/C30H26Cl2FN9O/c31-24-13-21(3-4-26(24)33)37-28-20(15-34)17-36-30-23(28)12-22(14-25(30)32)38-29(19-2-1-5-35-16-19)27-18-42(40-39-27)7-6-41-8-10-43-11-9-41/h1-5,12-14,16-18,29,38H,6-11H2,(H,36,37). The van der Waals surface area contributed by atoms with Crippen molar-refractivity contribution in [1.29, 1.82) is 5.26 Å². The van der Waals surface area contributed by atoms with Crippen molar-refractivity contribution in [2.24, 2.45) is 0 Å². The largest absolute Gasteiger partial charge is 0.379 e. The maximum atomic E-state index is 13.8. The zero-order valence-corrected chi connectivity index (χ0v) is 24.4. The summed E-state index contributed by atoms with van der Waals surface area (Å²) in [5.41, 5.74) is 3.99. The summed E-state index contributed by atoms with van der Waals surface area (Å²) < 4.78 is 21.1. The first-order valence-corrected chi connectivity index (χ1v) is 14.3. The third kappa shape index (κ3) is 6.53. The lowest BCUT2D eigenvalue weighted by atomic mass is 10.0. The van der Waals surface area contributed by atoms with E-state index in [1.54, 1.807) is 24.5 Å². The fourth-order valence-corrected chi connectivity index (χ4v) is 5.39. The minimum Gasteiger partial charge on any atom is -0.379 e. The predicted octanol–water partition coefficient (Wildman–Crippen LogP) is 5.82. The highest BCUT2D eigenvalue weighted by Gasteiger charge is 2.21. The van der Waals surface area contributed by atoms with E-state index in [0.29, 0.717) is 45.2 Å². The van der Waals surface area contributed by atoms with Crippen LogP contribution in [0.25, 0.3) is 10.9 Å². The van der Waals surface area contributed by atoms with Gasteiger partial charge in [0, 0.05) is 55.0 Å². The molecule has 218 valence electrons. The van der Waals surface area contributed by atoms with Crippen LogP contribution in [0.3, 0.4) is 0 Å². The number of aromatic nitrogens is 5. The second-order valence-corrected chi connectivity index (χ2v) is 10.8. The lowest BCUT2D eigenvalue weighted by Crippen LogP contribution is -2.38. The highest BCUT2D eigenvalue weighted by Crippen LogP contribution is 2.37. The van der Waals surface area contributed by atoms with Crippen LogP contribution in [0.15, 0.2) is 67.3 Å². The average Bonchev–Trinajstić information content (AvgIpc) is 3.50. The van der Waals surface area contributed by atoms with E-state index in [9.17, 15) is 9.65 Å². The SMILES string of the molecule is N#Cc1cnc2c(Cl)cc(NC(c3cccnc3)c3cn(CCN4CCOCC4)nn3)cc2c1Nc1ccc(F)c(Cl)c1. The molecule has 13 heteroatoms. The molecule has 0 saturated carbocycles. The quantitative estimate of drug-likeness (QED) is 0.211. The summed E-state index contributed by atoms with van der Waals surface area (Å²) in [5, 5.41) is 26.4. The Bertz CT molecular complexity index is 1790. The van der Waals surface area contributed by atoms with E-state index >= 15 is 0 Å². The van der Waals surface area contributed by atoms with E-state index in [4.69, 9.17) is 27.9 Å². The fraction of sp³-hybridized carbons (Fsp3) is 0.233. The van der Waals surface area contributed by atoms with E-state index in [1.807, 2.05) is 29.1 Å². The molecular weight excluding hydrogens is 592 g/mol. The Morgan fingerprint density at radius 2 is 1.88 bits per heavy atom. The summed E-state index contributed by atoms with van der Waals surface area (Å²) in [6.07, 6.45) is 6.85. The van der Waals surface area contributed by atoms with Gasteiger partial charge in [0.15, 0.2) is 0 Å². The molecule has 1 fully saturated rings. The molecule has 1 saturated heterocycles. The summed E-state index contributed by atoms with van der Waals surface area (Å²) >= 11 is 12.7. The maximum absolute atomic E-state index is 13.8. The molecule has 2 N–H and O–H groups in total. The van der Waals surface area contributed by atoms with Crippen molar-refractivity contribution in [2.45, 2.75) is 12.6 Å². The number of nitrogens with zero attached hydrogens (tertiary/aromatic N) is 7. The molecule has 1 unspecified atom stereocenters. The monoisotopic (exact) mass is 617 g/mol. The molecule has 3 aromatic heterocycles. The first kappa shape index (κ1) is 28.8. The molecule has 1 atom stereocenters. The van der Waals surface area contributed by atoms with Crippen molar-refractivity contribution in [3.8, 4) is 6.07 Å². The Hall–Kier alpha value is -4.34. The van der Waals surface area contributed by atoms with Crippen LogP contribution in [-0.2, 0) is 11.3 Å². The topological polar surface area (TPSA) is 117 Å². The van der Waals surface area contributed by atoms with Crippen LogP contribution in [0.2, 0.25) is 10.0 Å². The van der Waals surface area contributed by atoms with Crippen molar-refractivity contribution in [1.82, 2.24) is 29.9 Å². The first-order valence-electron chi connectivity index (χ1n) is 13.6. The third-order valence-electron chi connectivity index (χ3n) is 7.16. The molecule has 43 heavy (non-hydrogen) atoms. The molecule has 4 heterocycles. The number of halogens is 3. The highest BCUT2D eigenvalue weighted by atomic mass is 35.5. The van der Waals surface area contributed by atoms with E-state index < -0.39 is 11.9 Å². The Balaban J connectivity index is 1.34. The lowest BCUT2D eigenvalue weighted by molar-refractivity contribution is 0.0359. The zero-order chi connectivity index (χ0) is 29.8. The van der Waals surface area contributed by atoms with Crippen LogP contribution in [0.1, 0.15) is 22.9 Å². The molecule has 1 aliphatic heterocycles. The van der Waals surface area contributed by atoms with Gasteiger partial charge in [-0.3, -0.25) is 19.5 Å². The van der Waals surface area contributed by atoms with Crippen LogP contribution < -0.4 is 10.6 Å². The van der Waals surface area contributed by atoms with E-state index in [1.165, 1.54) is 18.3 Å². The van der Waals surface area contributed by atoms with Gasteiger partial charge < -0.3 is 15.4 Å². The minimum absolute atomic E-state index is 0.0421. The van der Waals surface area contributed by atoms with E-state index in [0.717, 1.165) is 38.4 Å². The molecule has 0 amide bonds. The maximum Gasteiger partial charge on any atom is 0.141 e. The number of nitrogens with one attached hydrogen (secondary N) is 2. The summed E-state index contributed by atoms with van der Waals surface area (Å²) in [7, 11) is 0. The number of benzene rings is 2. The molecule has 1 aliphatic rings. The third-order valence-corrected chi connectivity index (χ3v) is 7.74. The average molecular weight is 619 g/mol. The molecule has 5 aromatic rings. The number of hydrogen-bond acceptors (Lipinski definition) is 9. The van der Waals surface area contributed by atoms with E-state index in [2.05, 4.69) is 41.9 Å². The Morgan fingerprint density at radius 3 is 2.65 bits per heavy atom. The number of anilines is 3. The number of fused-ring (bicyclic) bond motifs is 1. The van der Waals surface area contributed by atoms with Gasteiger partial charge >= 0.3 is 0 Å². The van der Waals surface area contributed by atoms with Crippen LogP contribution in [-0.4, -0.2) is 62.7 Å². The number of morpholine rings is 1. The van der Waals surface area contributed by atoms with Gasteiger partial charge in [-0.25, -0.2) is 4.39 Å². The Kier molecular flexibility index (Phi) is 8.62. The van der Waals surface area contributed by atoms with Crippen molar-refractivity contribution in [3.05, 3.63) is 99.9 Å². The Labute approximate surface area is 257 Å². The molecule has 0 spiro atoms. The van der Waals surface area contributed by atoms with Crippen molar-refractivity contribution < 1.29 is 9.13 Å². The Morgan fingerprint density at radius 1 is 1.05 bits per heavy atom. The van der Waals surface area contributed by atoms with Gasteiger partial charge in [0.1, 0.15) is 17.6 Å². The molecular formula is C30H26Cl2FN9O. The smallest absolute Gasteiger partial charge is 0.141 e. The molecule has 0 bridgehead atoms. The number of nitriles is 1. The predicted molar refractivity (Wildman–Crippen MR) is 163 cm³/mol. The van der Waals surface area contributed by atoms with Crippen LogP contribution >= 0.6 is 23.2 Å². The van der Waals surface area contributed by atoms with Gasteiger partial charge in [-0.15, -0.1) is 5.10 Å². The summed E-state index contributed by atoms with van der Waals surface area (Å²) in [4.78, 5) is 11.1. The highest BCUT2D eigenvalue weighted by molar-refractivity contribution is 6.36. The van der Waals surface area contributed by atoms with Crippen molar-refractivity contribution in [3.63, 3.8) is 0 Å². The first-order chi connectivity index (χ1) is 21.0. The lowest BCUT2D eigenvalue weighted by Gasteiger charge is -2.26.